The zero-order valence-corrected chi connectivity index (χ0v) is 25.2. The molecule has 43 heavy (non-hydrogen) atoms. The van der Waals surface area contributed by atoms with E-state index in [2.05, 4.69) is 10.2 Å². The predicted molar refractivity (Wildman–Crippen MR) is 174 cm³/mol. The Hall–Kier alpha value is -4.91. The summed E-state index contributed by atoms with van der Waals surface area (Å²) in [4.78, 5) is 45.3. The van der Waals surface area contributed by atoms with Crippen LogP contribution in [-0.2, 0) is 4.79 Å². The van der Waals surface area contributed by atoms with Gasteiger partial charge in [-0.25, -0.2) is 0 Å². The molecule has 3 amide bonds. The third-order valence-electron chi connectivity index (χ3n) is 7.74. The summed E-state index contributed by atoms with van der Waals surface area (Å²) < 4.78 is 0. The van der Waals surface area contributed by atoms with Gasteiger partial charge in [-0.1, -0.05) is 81.4 Å². The maximum Gasteiger partial charge on any atom is 0.258 e. The van der Waals surface area contributed by atoms with Gasteiger partial charge >= 0.3 is 0 Å². The first kappa shape index (κ1) is 29.6. The molecular weight excluding hydrogens is 536 g/mol. The average molecular weight is 575 g/mol. The van der Waals surface area contributed by atoms with Crippen molar-refractivity contribution in [3.8, 4) is 11.1 Å². The number of rotatable bonds is 6. The van der Waals surface area contributed by atoms with Crippen LogP contribution < -0.4 is 15.1 Å². The van der Waals surface area contributed by atoms with Crippen LogP contribution in [0.25, 0.3) is 11.1 Å². The molecular formula is C36H38N4O3. The molecule has 1 saturated heterocycles. The third kappa shape index (κ3) is 6.61. The minimum Gasteiger partial charge on any atom is -0.366 e. The van der Waals surface area contributed by atoms with Gasteiger partial charge in [-0.2, -0.15) is 0 Å². The maximum absolute atomic E-state index is 13.6. The van der Waals surface area contributed by atoms with Crippen LogP contribution in [0.5, 0.6) is 0 Å². The minimum absolute atomic E-state index is 0.152. The molecule has 1 aliphatic heterocycles. The van der Waals surface area contributed by atoms with Crippen molar-refractivity contribution in [2.75, 3.05) is 48.3 Å². The van der Waals surface area contributed by atoms with Crippen LogP contribution >= 0.6 is 0 Å². The average Bonchev–Trinajstić information content (AvgIpc) is 3.04. The third-order valence-corrected chi connectivity index (χ3v) is 7.74. The number of para-hydroxylation sites is 2. The molecule has 1 heterocycles. The number of nitrogens with one attached hydrogen (secondary N) is 1. The first-order chi connectivity index (χ1) is 20.6. The van der Waals surface area contributed by atoms with E-state index in [-0.39, 0.29) is 17.7 Å². The Bertz CT molecular complexity index is 1600. The Balaban J connectivity index is 1.27. The van der Waals surface area contributed by atoms with Gasteiger partial charge in [0.15, 0.2) is 0 Å². The van der Waals surface area contributed by atoms with Gasteiger partial charge in [-0.05, 0) is 53.6 Å². The zero-order valence-electron chi connectivity index (χ0n) is 25.2. The number of carbonyl (C=O) groups is 3. The van der Waals surface area contributed by atoms with Gasteiger partial charge in [-0.15, -0.1) is 0 Å². The predicted octanol–water partition coefficient (Wildman–Crippen LogP) is 6.58. The fourth-order valence-corrected chi connectivity index (χ4v) is 5.39. The van der Waals surface area contributed by atoms with Crippen molar-refractivity contribution in [2.45, 2.75) is 20.8 Å². The lowest BCUT2D eigenvalue weighted by molar-refractivity contribution is -0.139. The molecule has 0 unspecified atom stereocenters. The van der Waals surface area contributed by atoms with E-state index in [1.54, 1.807) is 36.2 Å². The number of carbonyl (C=O) groups excluding carboxylic acids is 3. The molecule has 1 fully saturated rings. The van der Waals surface area contributed by atoms with E-state index in [0.29, 0.717) is 43.0 Å². The second-order valence-electron chi connectivity index (χ2n) is 11.8. The van der Waals surface area contributed by atoms with E-state index in [4.69, 9.17) is 0 Å². The quantitative estimate of drug-likeness (QED) is 0.283. The van der Waals surface area contributed by atoms with Crippen LogP contribution in [0.1, 0.15) is 41.5 Å². The summed E-state index contributed by atoms with van der Waals surface area (Å²) in [6, 6.07) is 32.1. The Morgan fingerprint density at radius 1 is 0.721 bits per heavy atom. The normalized spacial score (nSPS) is 13.4. The summed E-state index contributed by atoms with van der Waals surface area (Å²) in [5.74, 6) is -0.206. The van der Waals surface area contributed by atoms with Crippen molar-refractivity contribution in [1.29, 1.82) is 0 Å². The second kappa shape index (κ2) is 12.5. The number of hydrogen-bond acceptors (Lipinski definition) is 4. The number of amides is 3. The summed E-state index contributed by atoms with van der Waals surface area (Å²) in [6.45, 7) is 8.52. The molecule has 0 spiro atoms. The molecule has 0 saturated carbocycles. The lowest BCUT2D eigenvalue weighted by Crippen LogP contribution is -2.52. The highest BCUT2D eigenvalue weighted by molar-refractivity contribution is 6.10. The van der Waals surface area contributed by atoms with Gasteiger partial charge in [0.1, 0.15) is 0 Å². The molecule has 1 aliphatic rings. The number of anilines is 3. The highest BCUT2D eigenvalue weighted by atomic mass is 16.2. The molecule has 7 heteroatoms. The smallest absolute Gasteiger partial charge is 0.258 e. The van der Waals surface area contributed by atoms with Gasteiger partial charge in [0.2, 0.25) is 5.91 Å². The van der Waals surface area contributed by atoms with Crippen LogP contribution in [0.3, 0.4) is 0 Å². The van der Waals surface area contributed by atoms with Gasteiger partial charge in [0.25, 0.3) is 11.8 Å². The van der Waals surface area contributed by atoms with Crippen LogP contribution in [0.15, 0.2) is 103 Å². The lowest BCUT2D eigenvalue weighted by atomic mass is 9.94. The fraction of sp³-hybridized carbons (Fsp3) is 0.250. The number of benzene rings is 4. The summed E-state index contributed by atoms with van der Waals surface area (Å²) in [6.07, 6.45) is 0. The maximum atomic E-state index is 13.6. The minimum atomic E-state index is -0.405. The van der Waals surface area contributed by atoms with E-state index in [9.17, 15) is 14.4 Å². The number of nitrogens with zero attached hydrogens (tertiary/aromatic N) is 3. The molecule has 0 radical (unpaired) electrons. The summed E-state index contributed by atoms with van der Waals surface area (Å²) >= 11 is 0. The largest absolute Gasteiger partial charge is 0.366 e. The van der Waals surface area contributed by atoms with Crippen LogP contribution in [-0.4, -0.2) is 55.8 Å². The Morgan fingerprint density at radius 2 is 1.33 bits per heavy atom. The highest BCUT2D eigenvalue weighted by Gasteiger charge is 2.30. The lowest BCUT2D eigenvalue weighted by Gasteiger charge is -2.39. The highest BCUT2D eigenvalue weighted by Crippen LogP contribution is 2.31. The fourth-order valence-electron chi connectivity index (χ4n) is 5.39. The standard InChI is InChI=1S/C36H38N4O3/c1-36(2,3)35(43)40-24-22-39(23-25-40)32-17-11-10-16-31(32)38(4)34(42)27-18-20-28(21-19-27)37-33(41)30-15-9-8-14-29(30)26-12-6-5-7-13-26/h5-21H,22-25H2,1-4H3,(H,37,41). The molecule has 4 aromatic carbocycles. The van der Waals surface area contributed by atoms with Crippen molar-refractivity contribution in [3.05, 3.63) is 114 Å². The molecule has 4 aromatic rings. The van der Waals surface area contributed by atoms with Crippen molar-refractivity contribution in [2.24, 2.45) is 5.41 Å². The van der Waals surface area contributed by atoms with E-state index in [0.717, 1.165) is 22.5 Å². The summed E-state index contributed by atoms with van der Waals surface area (Å²) in [5.41, 5.74) is 4.88. The van der Waals surface area contributed by atoms with E-state index in [1.165, 1.54) is 0 Å². The molecule has 220 valence electrons. The molecule has 0 atom stereocenters. The zero-order chi connectivity index (χ0) is 30.6. The molecule has 7 nitrogen and oxygen atoms in total. The van der Waals surface area contributed by atoms with Crippen molar-refractivity contribution in [3.63, 3.8) is 0 Å². The molecule has 1 N–H and O–H groups in total. The van der Waals surface area contributed by atoms with E-state index >= 15 is 0 Å². The summed E-state index contributed by atoms with van der Waals surface area (Å²) in [7, 11) is 1.77. The van der Waals surface area contributed by atoms with Crippen LogP contribution in [0.2, 0.25) is 0 Å². The van der Waals surface area contributed by atoms with Crippen molar-refractivity contribution in [1.82, 2.24) is 4.90 Å². The Morgan fingerprint density at radius 3 is 2.00 bits per heavy atom. The van der Waals surface area contributed by atoms with Crippen molar-refractivity contribution >= 4 is 34.8 Å². The first-order valence-corrected chi connectivity index (χ1v) is 14.6. The van der Waals surface area contributed by atoms with Gasteiger partial charge in [0.05, 0.1) is 11.4 Å². The topological polar surface area (TPSA) is 73.0 Å². The van der Waals surface area contributed by atoms with Gasteiger partial charge in [0, 0.05) is 55.5 Å². The molecule has 0 aliphatic carbocycles. The monoisotopic (exact) mass is 574 g/mol. The Labute approximate surface area is 253 Å². The summed E-state index contributed by atoms with van der Waals surface area (Å²) in [5, 5.41) is 2.97. The Kier molecular flexibility index (Phi) is 8.62. The number of hydrogen-bond donors (Lipinski definition) is 1. The van der Waals surface area contributed by atoms with E-state index in [1.807, 2.05) is 105 Å². The van der Waals surface area contributed by atoms with Crippen LogP contribution in [0, 0.1) is 5.41 Å². The first-order valence-electron chi connectivity index (χ1n) is 14.6. The van der Waals surface area contributed by atoms with Crippen molar-refractivity contribution < 1.29 is 14.4 Å². The molecule has 5 rings (SSSR count). The molecule has 0 aromatic heterocycles. The van der Waals surface area contributed by atoms with E-state index < -0.39 is 5.41 Å². The molecule has 0 bridgehead atoms. The second-order valence-corrected chi connectivity index (χ2v) is 11.8. The number of piperazine rings is 1. The van der Waals surface area contributed by atoms with Crippen LogP contribution in [0.4, 0.5) is 17.1 Å². The van der Waals surface area contributed by atoms with Gasteiger partial charge < -0.3 is 20.0 Å². The van der Waals surface area contributed by atoms with Gasteiger partial charge in [-0.3, -0.25) is 14.4 Å². The SMILES string of the molecule is CN(C(=O)c1ccc(NC(=O)c2ccccc2-c2ccccc2)cc1)c1ccccc1N1CCN(C(=O)C(C)(C)C)CC1.